The van der Waals surface area contributed by atoms with E-state index in [-0.39, 0.29) is 6.04 Å². The first kappa shape index (κ1) is 13.5. The van der Waals surface area contributed by atoms with Crippen molar-refractivity contribution in [3.05, 3.63) is 36.7 Å². The number of nitrogens with one attached hydrogen (secondary N) is 1. The Balaban J connectivity index is 2.25. The van der Waals surface area contributed by atoms with E-state index in [4.69, 9.17) is 4.74 Å². The van der Waals surface area contributed by atoms with Gasteiger partial charge in [0.15, 0.2) is 0 Å². The zero-order chi connectivity index (χ0) is 13.7. The van der Waals surface area contributed by atoms with Crippen LogP contribution in [0.15, 0.2) is 36.7 Å². The molecule has 5 heteroatoms. The second kappa shape index (κ2) is 6.33. The van der Waals surface area contributed by atoms with Gasteiger partial charge in [0.1, 0.15) is 0 Å². The van der Waals surface area contributed by atoms with Gasteiger partial charge in [0.2, 0.25) is 0 Å². The molecule has 0 spiro atoms. The lowest BCUT2D eigenvalue weighted by molar-refractivity contribution is 0.171. The van der Waals surface area contributed by atoms with E-state index in [9.17, 15) is 0 Å². The van der Waals surface area contributed by atoms with Crippen molar-refractivity contribution < 1.29 is 4.74 Å². The Bertz CT molecular complexity index is 496. The van der Waals surface area contributed by atoms with Gasteiger partial charge in [-0.05, 0) is 18.1 Å². The third-order valence-corrected chi connectivity index (χ3v) is 3.07. The van der Waals surface area contributed by atoms with Crippen molar-refractivity contribution in [3.8, 4) is 5.69 Å². The Morgan fingerprint density at radius 2 is 2.11 bits per heavy atom. The number of hydrogen-bond donors (Lipinski definition) is 1. The number of aromatic nitrogens is 3. The fourth-order valence-electron chi connectivity index (χ4n) is 1.91. The Morgan fingerprint density at radius 1 is 1.32 bits per heavy atom. The molecule has 2 aromatic rings. The number of rotatable bonds is 6. The van der Waals surface area contributed by atoms with E-state index in [1.165, 1.54) is 0 Å². The number of para-hydroxylation sites is 2. The molecule has 1 aromatic heterocycles. The highest BCUT2D eigenvalue weighted by Crippen LogP contribution is 2.21. The molecular formula is C14H20N4O. The van der Waals surface area contributed by atoms with Gasteiger partial charge in [-0.2, -0.15) is 0 Å². The molecule has 0 aliphatic carbocycles. The maximum absolute atomic E-state index is 5.27. The van der Waals surface area contributed by atoms with Crippen LogP contribution in [0.5, 0.6) is 0 Å². The zero-order valence-electron chi connectivity index (χ0n) is 11.6. The molecule has 1 heterocycles. The highest BCUT2D eigenvalue weighted by Gasteiger charge is 2.15. The molecule has 5 nitrogen and oxygen atoms in total. The molecule has 19 heavy (non-hydrogen) atoms. The fourth-order valence-corrected chi connectivity index (χ4v) is 1.91. The predicted molar refractivity (Wildman–Crippen MR) is 75.5 cm³/mol. The lowest BCUT2D eigenvalue weighted by atomic mass is 10.0. The molecule has 1 N–H and O–H groups in total. The molecule has 0 aliphatic rings. The van der Waals surface area contributed by atoms with Crippen LogP contribution in [-0.2, 0) is 4.74 Å². The van der Waals surface area contributed by atoms with Crippen LogP contribution in [0.1, 0.15) is 13.8 Å². The fraction of sp³-hybridized carbons (Fsp3) is 0.429. The quantitative estimate of drug-likeness (QED) is 0.866. The minimum Gasteiger partial charge on any atom is -0.383 e. The second-order valence-electron chi connectivity index (χ2n) is 4.81. The Labute approximate surface area is 113 Å². The lowest BCUT2D eigenvalue weighted by Gasteiger charge is -2.24. The van der Waals surface area contributed by atoms with Crippen molar-refractivity contribution in [2.75, 3.05) is 19.0 Å². The highest BCUT2D eigenvalue weighted by molar-refractivity contribution is 5.61. The summed E-state index contributed by atoms with van der Waals surface area (Å²) in [5, 5.41) is 11.4. The van der Waals surface area contributed by atoms with E-state index < -0.39 is 0 Å². The first-order chi connectivity index (χ1) is 9.22. The summed E-state index contributed by atoms with van der Waals surface area (Å²) in [5.41, 5.74) is 2.02. The molecule has 0 fully saturated rings. The molecule has 0 radical (unpaired) electrons. The molecule has 0 saturated carbocycles. The van der Waals surface area contributed by atoms with Gasteiger partial charge >= 0.3 is 0 Å². The van der Waals surface area contributed by atoms with E-state index in [2.05, 4.69) is 29.5 Å². The van der Waals surface area contributed by atoms with Crippen LogP contribution in [-0.4, -0.2) is 34.8 Å². The van der Waals surface area contributed by atoms with Crippen LogP contribution in [0.3, 0.4) is 0 Å². The molecule has 1 aromatic carbocycles. The van der Waals surface area contributed by atoms with Crippen molar-refractivity contribution in [1.29, 1.82) is 0 Å². The molecule has 0 amide bonds. The Kier molecular flexibility index (Phi) is 4.52. The van der Waals surface area contributed by atoms with Gasteiger partial charge in [-0.1, -0.05) is 31.2 Å². The topological polar surface area (TPSA) is 52.0 Å². The second-order valence-corrected chi connectivity index (χ2v) is 4.81. The zero-order valence-corrected chi connectivity index (χ0v) is 11.6. The third-order valence-electron chi connectivity index (χ3n) is 3.07. The summed E-state index contributed by atoms with van der Waals surface area (Å²) in [4.78, 5) is 0. The monoisotopic (exact) mass is 260 g/mol. The maximum atomic E-state index is 5.27. The first-order valence-corrected chi connectivity index (χ1v) is 6.43. The standard InChI is InChI=1S/C14H20N4O/c1-11(2)13(10-19-3)16-12-6-4-5-7-14(12)18-9-8-15-17-18/h4-9,11,13,16H,10H2,1-3H3. The molecule has 1 unspecified atom stereocenters. The maximum Gasteiger partial charge on any atom is 0.0894 e. The molecule has 102 valence electrons. The Morgan fingerprint density at radius 3 is 2.74 bits per heavy atom. The first-order valence-electron chi connectivity index (χ1n) is 6.43. The largest absolute Gasteiger partial charge is 0.383 e. The smallest absolute Gasteiger partial charge is 0.0894 e. The van der Waals surface area contributed by atoms with Crippen LogP contribution in [0.25, 0.3) is 5.69 Å². The number of anilines is 1. The summed E-state index contributed by atoms with van der Waals surface area (Å²) in [6.07, 6.45) is 3.51. The van der Waals surface area contributed by atoms with Gasteiger partial charge in [-0.25, -0.2) is 4.68 Å². The number of benzene rings is 1. The van der Waals surface area contributed by atoms with Crippen LogP contribution in [0.4, 0.5) is 5.69 Å². The lowest BCUT2D eigenvalue weighted by Crippen LogP contribution is -2.30. The summed E-state index contributed by atoms with van der Waals surface area (Å²) in [6.45, 7) is 5.02. The average molecular weight is 260 g/mol. The van der Waals surface area contributed by atoms with E-state index in [1.807, 2.05) is 30.5 Å². The summed E-state index contributed by atoms with van der Waals surface area (Å²) < 4.78 is 7.03. The highest BCUT2D eigenvalue weighted by atomic mass is 16.5. The molecule has 1 atom stereocenters. The summed E-state index contributed by atoms with van der Waals surface area (Å²) in [5.74, 6) is 0.476. The number of methoxy groups -OCH3 is 1. The van der Waals surface area contributed by atoms with Crippen LogP contribution >= 0.6 is 0 Å². The number of hydrogen-bond acceptors (Lipinski definition) is 4. The number of ether oxygens (including phenoxy) is 1. The third kappa shape index (κ3) is 3.32. The Hall–Kier alpha value is -1.88. The minimum atomic E-state index is 0.259. The van der Waals surface area contributed by atoms with Crippen molar-refractivity contribution in [1.82, 2.24) is 15.0 Å². The average Bonchev–Trinajstić information content (AvgIpc) is 2.92. The molecule has 0 saturated heterocycles. The molecule has 2 rings (SSSR count). The van der Waals surface area contributed by atoms with Gasteiger partial charge in [-0.15, -0.1) is 5.10 Å². The minimum absolute atomic E-state index is 0.259. The summed E-state index contributed by atoms with van der Waals surface area (Å²) >= 11 is 0. The molecule has 0 aliphatic heterocycles. The van der Waals surface area contributed by atoms with E-state index in [1.54, 1.807) is 18.0 Å². The summed E-state index contributed by atoms with van der Waals surface area (Å²) in [7, 11) is 1.72. The molecular weight excluding hydrogens is 240 g/mol. The van der Waals surface area contributed by atoms with Gasteiger partial charge < -0.3 is 10.1 Å². The van der Waals surface area contributed by atoms with Gasteiger partial charge in [0.05, 0.1) is 36.4 Å². The number of nitrogens with zero attached hydrogens (tertiary/aromatic N) is 3. The van der Waals surface area contributed by atoms with Crippen molar-refractivity contribution in [2.24, 2.45) is 5.92 Å². The summed E-state index contributed by atoms with van der Waals surface area (Å²) in [6, 6.07) is 8.31. The van der Waals surface area contributed by atoms with Crippen LogP contribution in [0.2, 0.25) is 0 Å². The van der Waals surface area contributed by atoms with Gasteiger partial charge in [0.25, 0.3) is 0 Å². The normalized spacial score (nSPS) is 12.6. The van der Waals surface area contributed by atoms with E-state index in [0.717, 1.165) is 11.4 Å². The van der Waals surface area contributed by atoms with Crippen molar-refractivity contribution >= 4 is 5.69 Å². The SMILES string of the molecule is COCC(Nc1ccccc1-n1ccnn1)C(C)C. The predicted octanol–water partition coefficient (Wildman–Crippen LogP) is 2.35. The van der Waals surface area contributed by atoms with Crippen LogP contribution < -0.4 is 5.32 Å². The molecule has 0 bridgehead atoms. The van der Waals surface area contributed by atoms with Crippen LogP contribution in [0, 0.1) is 5.92 Å². The van der Waals surface area contributed by atoms with Gasteiger partial charge in [0, 0.05) is 7.11 Å². The van der Waals surface area contributed by atoms with Crippen molar-refractivity contribution in [3.63, 3.8) is 0 Å². The van der Waals surface area contributed by atoms with Crippen molar-refractivity contribution in [2.45, 2.75) is 19.9 Å². The van der Waals surface area contributed by atoms with E-state index >= 15 is 0 Å². The van der Waals surface area contributed by atoms with Gasteiger partial charge in [-0.3, -0.25) is 0 Å². The van der Waals surface area contributed by atoms with E-state index in [0.29, 0.717) is 12.5 Å².